The molecule has 0 saturated carbocycles. The molecule has 0 fully saturated rings. The Morgan fingerprint density at radius 2 is 1.85 bits per heavy atom. The molecule has 0 bridgehead atoms. The van der Waals surface area contributed by atoms with Crippen molar-refractivity contribution in [3.8, 4) is 0 Å². The van der Waals surface area contributed by atoms with Gasteiger partial charge in [-0.2, -0.15) is 5.10 Å². The molecule has 3 rings (SSSR count). The highest BCUT2D eigenvalue weighted by atomic mass is 19.1. The van der Waals surface area contributed by atoms with E-state index in [4.69, 9.17) is 0 Å². The van der Waals surface area contributed by atoms with Crippen molar-refractivity contribution in [2.75, 3.05) is 6.54 Å². The van der Waals surface area contributed by atoms with E-state index in [2.05, 4.69) is 20.7 Å². The summed E-state index contributed by atoms with van der Waals surface area (Å²) in [7, 11) is 0. The lowest BCUT2D eigenvalue weighted by Crippen LogP contribution is -2.36. The molecule has 0 atom stereocenters. The number of hydrogen-bond acceptors (Lipinski definition) is 3. The Bertz CT molecular complexity index is 851. The van der Waals surface area contributed by atoms with Crippen molar-refractivity contribution >= 4 is 6.03 Å². The van der Waals surface area contributed by atoms with E-state index >= 15 is 0 Å². The Hall–Kier alpha value is -3.22. The summed E-state index contributed by atoms with van der Waals surface area (Å²) in [6.45, 7) is 1.51. The van der Waals surface area contributed by atoms with Crippen LogP contribution in [0.3, 0.4) is 0 Å². The summed E-state index contributed by atoms with van der Waals surface area (Å²) >= 11 is 0. The molecule has 0 spiro atoms. The second kappa shape index (κ2) is 8.75. The number of carbonyl (C=O) groups is 1. The van der Waals surface area contributed by atoms with Crippen LogP contribution in [0.5, 0.6) is 0 Å². The van der Waals surface area contributed by atoms with Gasteiger partial charge in [-0.25, -0.2) is 18.9 Å². The maximum atomic E-state index is 13.1. The molecule has 6 nitrogen and oxygen atoms in total. The number of benzene rings is 2. The maximum absolute atomic E-state index is 13.1. The zero-order valence-electron chi connectivity index (χ0n) is 14.2. The van der Waals surface area contributed by atoms with Crippen LogP contribution in [-0.4, -0.2) is 27.3 Å². The number of urea groups is 1. The van der Waals surface area contributed by atoms with Gasteiger partial charge in [-0.1, -0.05) is 36.4 Å². The first-order valence-corrected chi connectivity index (χ1v) is 8.35. The quantitative estimate of drug-likeness (QED) is 0.686. The Labute approximate surface area is 151 Å². The van der Waals surface area contributed by atoms with Crippen molar-refractivity contribution in [3.05, 3.63) is 83.7 Å². The summed E-state index contributed by atoms with van der Waals surface area (Å²) in [6, 6.07) is 14.1. The molecule has 0 aliphatic rings. The van der Waals surface area contributed by atoms with Gasteiger partial charge >= 0.3 is 6.03 Å². The fourth-order valence-electron chi connectivity index (χ4n) is 2.60. The lowest BCUT2D eigenvalue weighted by molar-refractivity contribution is 0.240. The molecule has 0 saturated heterocycles. The SMILES string of the molecule is O=C(NCCc1cccc(F)c1)NCc1cccc(Cn2cncn2)c1. The van der Waals surface area contributed by atoms with Gasteiger partial charge in [0.05, 0.1) is 6.54 Å². The van der Waals surface area contributed by atoms with Crippen molar-refractivity contribution in [1.82, 2.24) is 25.4 Å². The number of amides is 2. The minimum atomic E-state index is -0.266. The van der Waals surface area contributed by atoms with Crippen LogP contribution < -0.4 is 10.6 Å². The highest BCUT2D eigenvalue weighted by Crippen LogP contribution is 2.07. The molecule has 134 valence electrons. The number of hydrogen-bond donors (Lipinski definition) is 2. The van der Waals surface area contributed by atoms with Crippen molar-refractivity contribution in [1.29, 1.82) is 0 Å². The van der Waals surface area contributed by atoms with Crippen LogP contribution in [0.4, 0.5) is 9.18 Å². The van der Waals surface area contributed by atoms with E-state index in [0.29, 0.717) is 26.1 Å². The number of nitrogens with one attached hydrogen (secondary N) is 2. The van der Waals surface area contributed by atoms with Crippen molar-refractivity contribution in [2.24, 2.45) is 0 Å². The van der Waals surface area contributed by atoms with Crippen molar-refractivity contribution in [2.45, 2.75) is 19.5 Å². The highest BCUT2D eigenvalue weighted by Gasteiger charge is 2.03. The third-order valence-corrected chi connectivity index (χ3v) is 3.84. The Kier molecular flexibility index (Phi) is 5.92. The smallest absolute Gasteiger partial charge is 0.315 e. The monoisotopic (exact) mass is 353 g/mol. The molecule has 2 N–H and O–H groups in total. The summed E-state index contributed by atoms with van der Waals surface area (Å²) in [6.07, 6.45) is 3.75. The average Bonchev–Trinajstić information content (AvgIpc) is 3.13. The number of rotatable bonds is 7. The summed E-state index contributed by atoms with van der Waals surface area (Å²) in [5, 5.41) is 9.68. The molecular weight excluding hydrogens is 333 g/mol. The summed E-state index contributed by atoms with van der Waals surface area (Å²) in [5.74, 6) is -0.266. The number of halogens is 1. The van der Waals surface area contributed by atoms with Gasteiger partial charge in [-0.15, -0.1) is 0 Å². The average molecular weight is 353 g/mol. The highest BCUT2D eigenvalue weighted by molar-refractivity contribution is 5.73. The first-order valence-electron chi connectivity index (χ1n) is 8.35. The minimum Gasteiger partial charge on any atom is -0.338 e. The Morgan fingerprint density at radius 1 is 1.04 bits per heavy atom. The molecular formula is C19H20FN5O. The molecule has 2 aromatic carbocycles. The molecule has 26 heavy (non-hydrogen) atoms. The lowest BCUT2D eigenvalue weighted by Gasteiger charge is -2.09. The molecule has 0 unspecified atom stereocenters. The number of aromatic nitrogens is 3. The van der Waals surface area contributed by atoms with Crippen LogP contribution >= 0.6 is 0 Å². The van der Waals surface area contributed by atoms with Crippen LogP contribution in [0, 0.1) is 5.82 Å². The maximum Gasteiger partial charge on any atom is 0.315 e. The summed E-state index contributed by atoms with van der Waals surface area (Å²) in [5.41, 5.74) is 2.94. The predicted molar refractivity (Wildman–Crippen MR) is 95.9 cm³/mol. The van der Waals surface area contributed by atoms with Crippen LogP contribution in [0.1, 0.15) is 16.7 Å². The van der Waals surface area contributed by atoms with Crippen LogP contribution in [0.25, 0.3) is 0 Å². The minimum absolute atomic E-state index is 0.247. The van der Waals surface area contributed by atoms with Gasteiger partial charge in [-0.3, -0.25) is 0 Å². The first-order chi connectivity index (χ1) is 12.7. The fourth-order valence-corrected chi connectivity index (χ4v) is 2.60. The predicted octanol–water partition coefficient (Wildman–Crippen LogP) is 2.51. The standard InChI is InChI=1S/C19H20FN5O/c20-18-6-2-3-15(10-18)7-8-22-19(26)23-11-16-4-1-5-17(9-16)12-25-14-21-13-24-25/h1-6,9-10,13-14H,7-8,11-12H2,(H2,22,23,26). The Morgan fingerprint density at radius 3 is 2.65 bits per heavy atom. The van der Waals surface area contributed by atoms with Gasteiger partial charge in [0.15, 0.2) is 0 Å². The molecule has 3 aromatic rings. The van der Waals surface area contributed by atoms with Gasteiger partial charge in [0.25, 0.3) is 0 Å². The number of carbonyl (C=O) groups excluding carboxylic acids is 1. The van der Waals surface area contributed by atoms with Gasteiger partial charge in [0.2, 0.25) is 0 Å². The van der Waals surface area contributed by atoms with E-state index in [0.717, 1.165) is 16.7 Å². The summed E-state index contributed by atoms with van der Waals surface area (Å²) < 4.78 is 14.8. The zero-order valence-corrected chi connectivity index (χ0v) is 14.2. The molecule has 1 heterocycles. The largest absolute Gasteiger partial charge is 0.338 e. The molecule has 7 heteroatoms. The molecule has 2 amide bonds. The van der Waals surface area contributed by atoms with Crippen LogP contribution in [-0.2, 0) is 19.5 Å². The van der Waals surface area contributed by atoms with E-state index in [9.17, 15) is 9.18 Å². The molecule has 0 aliphatic carbocycles. The Balaban J connectivity index is 1.42. The summed E-state index contributed by atoms with van der Waals surface area (Å²) in [4.78, 5) is 15.8. The van der Waals surface area contributed by atoms with Gasteiger partial charge < -0.3 is 10.6 Å². The van der Waals surface area contributed by atoms with E-state index < -0.39 is 0 Å². The van der Waals surface area contributed by atoms with E-state index in [-0.39, 0.29) is 11.8 Å². The van der Waals surface area contributed by atoms with Gasteiger partial charge in [0, 0.05) is 13.1 Å². The van der Waals surface area contributed by atoms with Crippen LogP contribution in [0.15, 0.2) is 61.2 Å². The molecule has 1 aromatic heterocycles. The normalized spacial score (nSPS) is 10.5. The fraction of sp³-hybridized carbons (Fsp3) is 0.211. The zero-order chi connectivity index (χ0) is 18.2. The van der Waals surface area contributed by atoms with E-state index in [1.165, 1.54) is 18.5 Å². The second-order valence-corrected chi connectivity index (χ2v) is 5.90. The van der Waals surface area contributed by atoms with E-state index in [1.54, 1.807) is 17.1 Å². The second-order valence-electron chi connectivity index (χ2n) is 5.90. The van der Waals surface area contributed by atoms with Crippen molar-refractivity contribution in [3.63, 3.8) is 0 Å². The van der Waals surface area contributed by atoms with E-state index in [1.807, 2.05) is 30.3 Å². The third kappa shape index (κ3) is 5.41. The first kappa shape index (κ1) is 17.6. The van der Waals surface area contributed by atoms with Crippen LogP contribution in [0.2, 0.25) is 0 Å². The topological polar surface area (TPSA) is 71.8 Å². The van der Waals surface area contributed by atoms with Gasteiger partial charge in [-0.05, 0) is 35.2 Å². The lowest BCUT2D eigenvalue weighted by atomic mass is 10.1. The molecule has 0 aliphatic heterocycles. The molecule has 0 radical (unpaired) electrons. The third-order valence-electron chi connectivity index (χ3n) is 3.84. The van der Waals surface area contributed by atoms with Crippen molar-refractivity contribution < 1.29 is 9.18 Å². The number of nitrogens with zero attached hydrogens (tertiary/aromatic N) is 3. The van der Waals surface area contributed by atoms with Gasteiger partial charge in [0.1, 0.15) is 18.5 Å².